The van der Waals surface area contributed by atoms with Crippen molar-refractivity contribution in [3.05, 3.63) is 12.3 Å². The summed E-state index contributed by atoms with van der Waals surface area (Å²) in [5.41, 5.74) is 0. The van der Waals surface area contributed by atoms with Crippen molar-refractivity contribution < 1.29 is 19.9 Å². The summed E-state index contributed by atoms with van der Waals surface area (Å²) in [6, 6.07) is 0. The van der Waals surface area contributed by atoms with Crippen LogP contribution in [0.25, 0.3) is 0 Å². The van der Waals surface area contributed by atoms with Gasteiger partial charge in [-0.2, -0.15) is 0 Å². The number of aliphatic hydroxyl groups excluding tert-OH is 2. The van der Waals surface area contributed by atoms with Crippen molar-refractivity contribution in [2.24, 2.45) is 0 Å². The fourth-order valence-corrected chi connectivity index (χ4v) is 1.76. The number of allylic oxidation sites excluding steroid dienone is 1. The Labute approximate surface area is 129 Å². The second kappa shape index (κ2) is 17.4. The Bertz CT molecular complexity index is 214. The third-order valence-corrected chi connectivity index (χ3v) is 2.99. The summed E-state index contributed by atoms with van der Waals surface area (Å²) in [6.45, 7) is 3.26. The maximum Gasteiger partial charge on any atom is 0.0797 e. The van der Waals surface area contributed by atoms with E-state index in [4.69, 9.17) is 19.9 Å². The van der Waals surface area contributed by atoms with Crippen LogP contribution in [0.5, 0.6) is 0 Å². The van der Waals surface area contributed by atoms with Gasteiger partial charge >= 0.3 is 0 Å². The number of rotatable bonds is 16. The van der Waals surface area contributed by atoms with Crippen LogP contribution in [0, 0.1) is 0 Å². The van der Waals surface area contributed by atoms with Crippen molar-refractivity contribution in [3.63, 3.8) is 0 Å². The minimum Gasteiger partial charge on any atom is -0.396 e. The van der Waals surface area contributed by atoms with Gasteiger partial charge in [0.2, 0.25) is 0 Å². The summed E-state index contributed by atoms with van der Waals surface area (Å²) in [5.74, 6) is 0. The van der Waals surface area contributed by atoms with E-state index >= 15 is 0 Å². The molecule has 126 valence electrons. The van der Waals surface area contributed by atoms with E-state index < -0.39 is 0 Å². The van der Waals surface area contributed by atoms with Crippen LogP contribution in [0.4, 0.5) is 0 Å². The van der Waals surface area contributed by atoms with Crippen molar-refractivity contribution in [1.29, 1.82) is 0 Å². The highest BCUT2D eigenvalue weighted by atomic mass is 16.9. The van der Waals surface area contributed by atoms with Crippen LogP contribution < -0.4 is 0 Å². The number of hydrogen-bond acceptors (Lipinski definition) is 5. The van der Waals surface area contributed by atoms with Crippen LogP contribution in [0.2, 0.25) is 0 Å². The van der Waals surface area contributed by atoms with Crippen LogP contribution in [-0.4, -0.2) is 41.9 Å². The van der Waals surface area contributed by atoms with Crippen LogP contribution >= 0.6 is 0 Å². The van der Waals surface area contributed by atoms with Crippen molar-refractivity contribution in [1.82, 2.24) is 5.23 Å². The lowest BCUT2D eigenvalue weighted by atomic mass is 10.1. The third kappa shape index (κ3) is 15.6. The molecule has 0 radical (unpaired) electrons. The molecule has 0 fully saturated rings. The quantitative estimate of drug-likeness (QED) is 0.339. The number of aliphatic hydroxyl groups is 2. The van der Waals surface area contributed by atoms with E-state index in [0.717, 1.165) is 6.42 Å². The molecule has 0 rings (SSSR count). The summed E-state index contributed by atoms with van der Waals surface area (Å²) in [4.78, 5) is 10.7. The minimum atomic E-state index is 0.103. The monoisotopic (exact) mass is 303 g/mol. The smallest absolute Gasteiger partial charge is 0.0797 e. The van der Waals surface area contributed by atoms with Crippen molar-refractivity contribution in [3.8, 4) is 0 Å². The molecule has 0 aromatic carbocycles. The van der Waals surface area contributed by atoms with Gasteiger partial charge in [0.25, 0.3) is 0 Å². The molecule has 0 unspecified atom stereocenters. The molecule has 0 atom stereocenters. The standard InChI is InChI=1S/C16H33NO4/c1-2-3-4-5-6-7-8-9-12-17(20-15-10-13-18)21-16-11-14-19/h9,12,18-19H,2-8,10-11,13-16H2,1H3. The molecular weight excluding hydrogens is 270 g/mol. The Morgan fingerprint density at radius 1 is 0.810 bits per heavy atom. The van der Waals surface area contributed by atoms with Crippen LogP contribution in [0.15, 0.2) is 12.3 Å². The molecule has 0 aliphatic carbocycles. The molecule has 0 aromatic rings. The lowest BCUT2D eigenvalue weighted by Gasteiger charge is -2.18. The molecule has 21 heavy (non-hydrogen) atoms. The first-order valence-electron chi connectivity index (χ1n) is 8.28. The van der Waals surface area contributed by atoms with Crippen molar-refractivity contribution >= 4 is 0 Å². The Morgan fingerprint density at radius 2 is 1.38 bits per heavy atom. The fraction of sp³-hybridized carbons (Fsp3) is 0.875. The second-order valence-electron chi connectivity index (χ2n) is 5.05. The van der Waals surface area contributed by atoms with Crippen LogP contribution in [0.1, 0.15) is 64.7 Å². The Morgan fingerprint density at radius 3 is 1.95 bits per heavy atom. The first kappa shape index (κ1) is 20.4. The Kier molecular flexibility index (Phi) is 16.9. The predicted molar refractivity (Wildman–Crippen MR) is 84.3 cm³/mol. The van der Waals surface area contributed by atoms with E-state index in [9.17, 15) is 0 Å². The third-order valence-electron chi connectivity index (χ3n) is 2.99. The van der Waals surface area contributed by atoms with Crippen LogP contribution in [0.3, 0.4) is 0 Å². The molecule has 0 saturated carbocycles. The molecule has 0 bridgehead atoms. The highest BCUT2D eigenvalue weighted by Crippen LogP contribution is 2.07. The molecule has 0 aliphatic heterocycles. The molecule has 0 aliphatic rings. The van der Waals surface area contributed by atoms with Crippen molar-refractivity contribution in [2.45, 2.75) is 64.7 Å². The maximum absolute atomic E-state index is 8.74. The average Bonchev–Trinajstić information content (AvgIpc) is 2.49. The highest BCUT2D eigenvalue weighted by Gasteiger charge is 2.00. The van der Waals surface area contributed by atoms with Gasteiger partial charge in [-0.15, -0.1) is 5.23 Å². The molecule has 0 spiro atoms. The largest absolute Gasteiger partial charge is 0.396 e. The van der Waals surface area contributed by atoms with Gasteiger partial charge in [0.05, 0.1) is 19.4 Å². The zero-order valence-corrected chi connectivity index (χ0v) is 13.5. The molecule has 0 amide bonds. The minimum absolute atomic E-state index is 0.103. The zero-order valence-electron chi connectivity index (χ0n) is 13.5. The summed E-state index contributed by atoms with van der Waals surface area (Å²) < 4.78 is 0. The van der Waals surface area contributed by atoms with E-state index in [2.05, 4.69) is 6.92 Å². The summed E-state index contributed by atoms with van der Waals surface area (Å²) in [5, 5.41) is 18.8. The first-order chi connectivity index (χ1) is 10.3. The molecule has 0 aromatic heterocycles. The van der Waals surface area contributed by atoms with Gasteiger partial charge in [-0.1, -0.05) is 45.1 Å². The van der Waals surface area contributed by atoms with E-state index in [-0.39, 0.29) is 13.2 Å². The lowest BCUT2D eigenvalue weighted by molar-refractivity contribution is -0.337. The topological polar surface area (TPSA) is 62.2 Å². The maximum atomic E-state index is 8.74. The van der Waals surface area contributed by atoms with Gasteiger partial charge in [-0.05, 0) is 25.7 Å². The second-order valence-corrected chi connectivity index (χ2v) is 5.05. The van der Waals surface area contributed by atoms with Gasteiger partial charge in [0.1, 0.15) is 0 Å². The number of hydrogen-bond donors (Lipinski definition) is 2. The molecule has 5 heteroatoms. The van der Waals surface area contributed by atoms with Gasteiger partial charge in [0.15, 0.2) is 0 Å². The predicted octanol–water partition coefficient (Wildman–Crippen LogP) is 3.18. The van der Waals surface area contributed by atoms with E-state index in [1.165, 1.54) is 43.8 Å². The van der Waals surface area contributed by atoms with Gasteiger partial charge in [-0.3, -0.25) is 0 Å². The molecule has 2 N–H and O–H groups in total. The first-order valence-corrected chi connectivity index (χ1v) is 8.28. The SMILES string of the molecule is CCCCCCCCC=CN(OCCCO)OCCCO. The molecule has 0 saturated heterocycles. The molecule has 5 nitrogen and oxygen atoms in total. The van der Waals surface area contributed by atoms with Gasteiger partial charge in [-0.25, -0.2) is 9.68 Å². The van der Waals surface area contributed by atoms with Crippen molar-refractivity contribution in [2.75, 3.05) is 26.4 Å². The molecular formula is C16H33NO4. The van der Waals surface area contributed by atoms with Gasteiger partial charge in [0, 0.05) is 13.2 Å². The zero-order chi connectivity index (χ0) is 15.6. The summed E-state index contributed by atoms with van der Waals surface area (Å²) >= 11 is 0. The normalized spacial score (nSPS) is 11.4. The number of hydroxylamine groups is 2. The van der Waals surface area contributed by atoms with E-state index in [1.807, 2.05) is 6.08 Å². The van der Waals surface area contributed by atoms with Gasteiger partial charge < -0.3 is 10.2 Å². The Hall–Kier alpha value is -0.620. The van der Waals surface area contributed by atoms with E-state index in [1.54, 1.807) is 6.20 Å². The Balaban J connectivity index is 3.71. The number of unbranched alkanes of at least 4 members (excludes halogenated alkanes) is 6. The average molecular weight is 303 g/mol. The summed E-state index contributed by atoms with van der Waals surface area (Å²) in [6.07, 6.45) is 13.7. The number of nitrogens with zero attached hydrogens (tertiary/aromatic N) is 1. The molecule has 0 heterocycles. The van der Waals surface area contributed by atoms with Crippen LogP contribution in [-0.2, 0) is 9.68 Å². The summed E-state index contributed by atoms with van der Waals surface area (Å²) in [7, 11) is 0. The van der Waals surface area contributed by atoms with E-state index in [0.29, 0.717) is 26.1 Å². The fourth-order valence-electron chi connectivity index (χ4n) is 1.76. The lowest BCUT2D eigenvalue weighted by Crippen LogP contribution is -2.20. The highest BCUT2D eigenvalue weighted by molar-refractivity contribution is 4.76.